The van der Waals surface area contributed by atoms with Crippen molar-refractivity contribution in [2.24, 2.45) is 0 Å². The Bertz CT molecular complexity index is 221. The van der Waals surface area contributed by atoms with Gasteiger partial charge in [-0.2, -0.15) is 0 Å². The molecule has 15 heavy (non-hydrogen) atoms. The summed E-state index contributed by atoms with van der Waals surface area (Å²) in [5, 5.41) is 4.96. The first kappa shape index (κ1) is 10.7. The molecule has 1 aliphatic carbocycles. The molecule has 0 atom stereocenters. The van der Waals surface area contributed by atoms with Gasteiger partial charge in [-0.3, -0.25) is 5.43 Å². The normalized spacial score (nSPS) is 24.6. The lowest BCUT2D eigenvalue weighted by Gasteiger charge is -2.33. The fraction of sp³-hybridized carbons (Fsp3) is 0.900. The average Bonchev–Trinajstić information content (AvgIpc) is 2.16. The molecule has 0 bridgehead atoms. The van der Waals surface area contributed by atoms with Gasteiger partial charge in [-0.1, -0.05) is 0 Å². The van der Waals surface area contributed by atoms with Crippen LogP contribution in [0.2, 0.25) is 0 Å². The molecule has 5 nitrogen and oxygen atoms in total. The van der Waals surface area contributed by atoms with Crippen LogP contribution in [-0.4, -0.2) is 55.2 Å². The van der Waals surface area contributed by atoms with Crippen LogP contribution in [0.1, 0.15) is 19.3 Å². The van der Waals surface area contributed by atoms with Crippen LogP contribution in [0, 0.1) is 0 Å². The molecule has 0 aromatic carbocycles. The predicted molar refractivity (Wildman–Crippen MR) is 58.4 cm³/mol. The van der Waals surface area contributed by atoms with Crippen LogP contribution >= 0.6 is 0 Å². The Kier molecular flexibility index (Phi) is 3.43. The van der Waals surface area contributed by atoms with Gasteiger partial charge in [0.2, 0.25) is 0 Å². The summed E-state index contributed by atoms with van der Waals surface area (Å²) in [6.07, 6.45) is 3.52. The molecular formula is C10H20N4O. The fourth-order valence-electron chi connectivity index (χ4n) is 1.83. The molecule has 0 aromatic rings. The summed E-state index contributed by atoms with van der Waals surface area (Å²) in [5.74, 6) is 0. The number of amides is 2. The van der Waals surface area contributed by atoms with Crippen molar-refractivity contribution in [1.82, 2.24) is 20.7 Å². The highest BCUT2D eigenvalue weighted by Crippen LogP contribution is 2.17. The number of carbonyl (C=O) groups excluding carboxylic acids is 1. The number of piperazine rings is 1. The van der Waals surface area contributed by atoms with Gasteiger partial charge in [0.15, 0.2) is 0 Å². The summed E-state index contributed by atoms with van der Waals surface area (Å²) < 4.78 is 0. The molecule has 2 rings (SSSR count). The summed E-state index contributed by atoms with van der Waals surface area (Å²) in [4.78, 5) is 13.8. The predicted octanol–water partition coefficient (Wildman–Crippen LogP) is 0.000500. The Labute approximate surface area is 90.8 Å². The number of hydrogen-bond donors (Lipinski definition) is 2. The molecule has 0 aromatic heterocycles. The third-order valence-electron chi connectivity index (χ3n) is 3.20. The number of urea groups is 1. The van der Waals surface area contributed by atoms with Gasteiger partial charge in [0.25, 0.3) is 0 Å². The van der Waals surface area contributed by atoms with Crippen molar-refractivity contribution in [2.75, 3.05) is 33.2 Å². The van der Waals surface area contributed by atoms with Crippen LogP contribution in [0.3, 0.4) is 0 Å². The summed E-state index contributed by atoms with van der Waals surface area (Å²) in [6.45, 7) is 3.86. The SMILES string of the molecule is CN1CCN(NC(=O)NC2CCC2)CC1. The monoisotopic (exact) mass is 212 g/mol. The van der Waals surface area contributed by atoms with E-state index in [2.05, 4.69) is 22.7 Å². The fourth-order valence-corrected chi connectivity index (χ4v) is 1.83. The van der Waals surface area contributed by atoms with Crippen LogP contribution in [0.15, 0.2) is 0 Å². The van der Waals surface area contributed by atoms with E-state index in [-0.39, 0.29) is 6.03 Å². The molecule has 2 fully saturated rings. The molecule has 5 heteroatoms. The van der Waals surface area contributed by atoms with E-state index in [0.717, 1.165) is 39.0 Å². The smallest absolute Gasteiger partial charge is 0.329 e. The van der Waals surface area contributed by atoms with Crippen molar-refractivity contribution < 1.29 is 4.79 Å². The number of rotatable bonds is 2. The molecule has 2 amide bonds. The first-order valence-corrected chi connectivity index (χ1v) is 5.75. The van der Waals surface area contributed by atoms with E-state index in [1.165, 1.54) is 6.42 Å². The van der Waals surface area contributed by atoms with Crippen LogP contribution < -0.4 is 10.7 Å². The summed E-state index contributed by atoms with van der Waals surface area (Å²) in [6, 6.07) is 0.377. The molecule has 1 saturated heterocycles. The van der Waals surface area contributed by atoms with E-state index >= 15 is 0 Å². The van der Waals surface area contributed by atoms with E-state index in [1.54, 1.807) is 0 Å². The van der Waals surface area contributed by atoms with E-state index < -0.39 is 0 Å². The van der Waals surface area contributed by atoms with E-state index in [4.69, 9.17) is 0 Å². The molecule has 1 saturated carbocycles. The molecule has 0 spiro atoms. The first-order valence-electron chi connectivity index (χ1n) is 5.75. The van der Waals surface area contributed by atoms with Crippen LogP contribution in [-0.2, 0) is 0 Å². The van der Waals surface area contributed by atoms with Crippen molar-refractivity contribution in [2.45, 2.75) is 25.3 Å². The maximum atomic E-state index is 11.5. The lowest BCUT2D eigenvalue weighted by Crippen LogP contribution is -2.56. The van der Waals surface area contributed by atoms with Gasteiger partial charge in [0.1, 0.15) is 0 Å². The highest BCUT2D eigenvalue weighted by atomic mass is 16.2. The number of nitrogens with zero attached hydrogens (tertiary/aromatic N) is 2. The highest BCUT2D eigenvalue weighted by Gasteiger charge is 2.21. The Balaban J connectivity index is 1.64. The third kappa shape index (κ3) is 3.07. The molecule has 0 unspecified atom stereocenters. The zero-order valence-electron chi connectivity index (χ0n) is 9.33. The Morgan fingerprint density at radius 2 is 1.87 bits per heavy atom. The second-order valence-electron chi connectivity index (χ2n) is 4.50. The summed E-state index contributed by atoms with van der Waals surface area (Å²) >= 11 is 0. The molecule has 2 N–H and O–H groups in total. The van der Waals surface area contributed by atoms with Gasteiger partial charge in [-0.15, -0.1) is 0 Å². The highest BCUT2D eigenvalue weighted by molar-refractivity contribution is 5.73. The molecule has 86 valence electrons. The minimum atomic E-state index is -0.0377. The van der Waals surface area contributed by atoms with Crippen molar-refractivity contribution in [3.05, 3.63) is 0 Å². The number of hydrazine groups is 1. The van der Waals surface area contributed by atoms with E-state index in [0.29, 0.717) is 6.04 Å². The lowest BCUT2D eigenvalue weighted by molar-refractivity contribution is 0.110. The van der Waals surface area contributed by atoms with Gasteiger partial charge in [-0.25, -0.2) is 9.80 Å². The summed E-state index contributed by atoms with van der Waals surface area (Å²) in [5.41, 5.74) is 2.90. The largest absolute Gasteiger partial charge is 0.334 e. The van der Waals surface area contributed by atoms with Gasteiger partial charge >= 0.3 is 6.03 Å². The van der Waals surface area contributed by atoms with Gasteiger partial charge in [0.05, 0.1) is 0 Å². The number of carbonyl (C=O) groups is 1. The topological polar surface area (TPSA) is 47.6 Å². The molecular weight excluding hydrogens is 192 g/mol. The molecule has 0 radical (unpaired) electrons. The van der Waals surface area contributed by atoms with Crippen molar-refractivity contribution in [1.29, 1.82) is 0 Å². The maximum Gasteiger partial charge on any atom is 0.329 e. The minimum absolute atomic E-state index is 0.0377. The second kappa shape index (κ2) is 4.81. The minimum Gasteiger partial charge on any atom is -0.334 e. The van der Waals surface area contributed by atoms with Crippen molar-refractivity contribution >= 4 is 6.03 Å². The standard InChI is InChI=1S/C10H20N4O/c1-13-5-7-14(8-6-13)12-10(15)11-9-3-2-4-9/h9H,2-8H2,1H3,(H2,11,12,15). The maximum absolute atomic E-state index is 11.5. The van der Waals surface area contributed by atoms with Crippen LogP contribution in [0.4, 0.5) is 4.79 Å². The Morgan fingerprint density at radius 3 is 2.40 bits per heavy atom. The molecule has 1 heterocycles. The van der Waals surface area contributed by atoms with Gasteiger partial charge in [-0.05, 0) is 26.3 Å². The lowest BCUT2D eigenvalue weighted by atomic mass is 9.93. The van der Waals surface area contributed by atoms with Gasteiger partial charge < -0.3 is 10.2 Å². The molecule has 1 aliphatic heterocycles. The van der Waals surface area contributed by atoms with Crippen molar-refractivity contribution in [3.63, 3.8) is 0 Å². The summed E-state index contributed by atoms with van der Waals surface area (Å²) in [7, 11) is 2.10. The Hall–Kier alpha value is -0.810. The van der Waals surface area contributed by atoms with Gasteiger partial charge in [0, 0.05) is 32.2 Å². The number of hydrogen-bond acceptors (Lipinski definition) is 3. The quantitative estimate of drug-likeness (QED) is 0.677. The van der Waals surface area contributed by atoms with Crippen LogP contribution in [0.5, 0.6) is 0 Å². The first-order chi connectivity index (χ1) is 7.24. The van der Waals surface area contributed by atoms with E-state index in [1.807, 2.05) is 5.01 Å². The number of likely N-dealkylation sites (N-methyl/N-ethyl adjacent to an activating group) is 1. The Morgan fingerprint density at radius 1 is 1.20 bits per heavy atom. The molecule has 2 aliphatic rings. The van der Waals surface area contributed by atoms with E-state index in [9.17, 15) is 4.79 Å². The van der Waals surface area contributed by atoms with Crippen LogP contribution in [0.25, 0.3) is 0 Å². The third-order valence-corrected chi connectivity index (χ3v) is 3.20. The number of nitrogens with one attached hydrogen (secondary N) is 2. The second-order valence-corrected chi connectivity index (χ2v) is 4.50. The zero-order chi connectivity index (χ0) is 10.7. The average molecular weight is 212 g/mol. The van der Waals surface area contributed by atoms with Crippen molar-refractivity contribution in [3.8, 4) is 0 Å². The zero-order valence-corrected chi connectivity index (χ0v) is 9.33.